The zero-order chi connectivity index (χ0) is 15.2. The summed E-state index contributed by atoms with van der Waals surface area (Å²) in [5.74, 6) is -0.164. The van der Waals surface area contributed by atoms with Crippen molar-refractivity contribution in [3.8, 4) is 0 Å². The Hall–Kier alpha value is -2.69. The van der Waals surface area contributed by atoms with Crippen molar-refractivity contribution in [2.75, 3.05) is 0 Å². The SMILES string of the molecule is CC(=O)N[C@H](Cc1ccccc1[N+](=O)[O-])c1ccccc1. The lowest BCUT2D eigenvalue weighted by molar-refractivity contribution is -0.385. The number of hydrogen-bond donors (Lipinski definition) is 1. The molecular weight excluding hydrogens is 268 g/mol. The fraction of sp³-hybridized carbons (Fsp3) is 0.188. The maximum atomic E-state index is 11.4. The summed E-state index contributed by atoms with van der Waals surface area (Å²) < 4.78 is 0. The van der Waals surface area contributed by atoms with Crippen LogP contribution in [-0.2, 0) is 11.2 Å². The molecule has 21 heavy (non-hydrogen) atoms. The third-order valence-electron chi connectivity index (χ3n) is 3.19. The molecular formula is C16H16N2O3. The van der Waals surface area contributed by atoms with Gasteiger partial charge >= 0.3 is 0 Å². The summed E-state index contributed by atoms with van der Waals surface area (Å²) in [6.07, 6.45) is 0.376. The van der Waals surface area contributed by atoms with Crippen LogP contribution < -0.4 is 5.32 Å². The van der Waals surface area contributed by atoms with Gasteiger partial charge in [0.25, 0.3) is 5.69 Å². The standard InChI is InChI=1S/C16H16N2O3/c1-12(19)17-15(13-7-3-2-4-8-13)11-14-9-5-6-10-16(14)18(20)21/h2-10,15H,11H2,1H3,(H,17,19)/t15-/m1/s1. The van der Waals surface area contributed by atoms with E-state index >= 15 is 0 Å². The highest BCUT2D eigenvalue weighted by Crippen LogP contribution is 2.24. The molecule has 0 saturated heterocycles. The van der Waals surface area contributed by atoms with E-state index in [-0.39, 0.29) is 17.6 Å². The molecule has 5 heteroatoms. The third-order valence-corrected chi connectivity index (χ3v) is 3.19. The van der Waals surface area contributed by atoms with E-state index in [2.05, 4.69) is 5.32 Å². The number of carbonyl (C=O) groups excluding carboxylic acids is 1. The van der Waals surface area contributed by atoms with Crippen LogP contribution in [0.25, 0.3) is 0 Å². The molecule has 2 aromatic carbocycles. The summed E-state index contributed by atoms with van der Waals surface area (Å²) in [5, 5.41) is 13.9. The molecule has 0 bridgehead atoms. The Balaban J connectivity index is 2.32. The van der Waals surface area contributed by atoms with Gasteiger partial charge in [-0.3, -0.25) is 14.9 Å². The minimum atomic E-state index is -0.398. The number of amides is 1. The smallest absolute Gasteiger partial charge is 0.272 e. The molecule has 0 aliphatic rings. The number of nitrogens with one attached hydrogen (secondary N) is 1. The fourth-order valence-corrected chi connectivity index (χ4v) is 2.26. The highest BCUT2D eigenvalue weighted by atomic mass is 16.6. The van der Waals surface area contributed by atoms with Crippen molar-refractivity contribution >= 4 is 11.6 Å². The lowest BCUT2D eigenvalue weighted by atomic mass is 9.98. The van der Waals surface area contributed by atoms with Crippen molar-refractivity contribution in [2.24, 2.45) is 0 Å². The van der Waals surface area contributed by atoms with Gasteiger partial charge in [-0.25, -0.2) is 0 Å². The van der Waals surface area contributed by atoms with Gasteiger partial charge in [0.05, 0.1) is 11.0 Å². The molecule has 108 valence electrons. The predicted molar refractivity (Wildman–Crippen MR) is 79.8 cm³/mol. The minimum absolute atomic E-state index is 0.0729. The Kier molecular flexibility index (Phi) is 4.66. The molecule has 0 spiro atoms. The van der Waals surface area contributed by atoms with Crippen LogP contribution in [0, 0.1) is 10.1 Å². The average molecular weight is 284 g/mol. The van der Waals surface area contributed by atoms with E-state index in [0.717, 1.165) is 5.56 Å². The van der Waals surface area contributed by atoms with Gasteiger partial charge in [0.15, 0.2) is 0 Å². The van der Waals surface area contributed by atoms with E-state index in [1.54, 1.807) is 18.2 Å². The number of benzene rings is 2. The van der Waals surface area contributed by atoms with Crippen LogP contribution in [0.2, 0.25) is 0 Å². The highest BCUT2D eigenvalue weighted by molar-refractivity contribution is 5.73. The molecule has 0 radical (unpaired) electrons. The van der Waals surface area contributed by atoms with Crippen molar-refractivity contribution < 1.29 is 9.72 Å². The molecule has 0 unspecified atom stereocenters. The van der Waals surface area contributed by atoms with Gasteiger partial charge in [-0.1, -0.05) is 48.5 Å². The molecule has 0 aromatic heterocycles. The second-order valence-corrected chi connectivity index (χ2v) is 4.75. The van der Waals surface area contributed by atoms with E-state index in [0.29, 0.717) is 12.0 Å². The first-order valence-corrected chi connectivity index (χ1v) is 6.62. The van der Waals surface area contributed by atoms with Crippen LogP contribution in [0.15, 0.2) is 54.6 Å². The van der Waals surface area contributed by atoms with E-state index in [1.807, 2.05) is 30.3 Å². The van der Waals surface area contributed by atoms with E-state index in [1.165, 1.54) is 13.0 Å². The van der Waals surface area contributed by atoms with Crippen LogP contribution >= 0.6 is 0 Å². The number of nitro groups is 1. The Morgan fingerprint density at radius 2 is 1.76 bits per heavy atom. The Morgan fingerprint density at radius 3 is 2.38 bits per heavy atom. The first-order valence-electron chi connectivity index (χ1n) is 6.62. The predicted octanol–water partition coefficient (Wildman–Crippen LogP) is 3.01. The first kappa shape index (κ1) is 14.7. The third kappa shape index (κ3) is 3.89. The molecule has 1 N–H and O–H groups in total. The van der Waals surface area contributed by atoms with E-state index in [9.17, 15) is 14.9 Å². The number of hydrogen-bond acceptors (Lipinski definition) is 3. The largest absolute Gasteiger partial charge is 0.349 e. The highest BCUT2D eigenvalue weighted by Gasteiger charge is 2.19. The van der Waals surface area contributed by atoms with Crippen LogP contribution in [0.3, 0.4) is 0 Å². The summed E-state index contributed by atoms with van der Waals surface area (Å²) in [4.78, 5) is 22.1. The first-order chi connectivity index (χ1) is 10.1. The summed E-state index contributed by atoms with van der Waals surface area (Å²) in [5.41, 5.74) is 1.60. The van der Waals surface area contributed by atoms with Crippen LogP contribution in [-0.4, -0.2) is 10.8 Å². The van der Waals surface area contributed by atoms with Crippen molar-refractivity contribution in [3.05, 3.63) is 75.8 Å². The molecule has 0 saturated carbocycles. The molecule has 1 amide bonds. The Labute approximate surface area is 122 Å². The van der Waals surface area contributed by atoms with Gasteiger partial charge in [-0.2, -0.15) is 0 Å². The maximum Gasteiger partial charge on any atom is 0.272 e. The number of nitro benzene ring substituents is 1. The Bertz CT molecular complexity index is 641. The molecule has 0 fully saturated rings. The number of para-hydroxylation sites is 1. The average Bonchev–Trinajstić information content (AvgIpc) is 2.47. The van der Waals surface area contributed by atoms with Crippen LogP contribution in [0.4, 0.5) is 5.69 Å². The second kappa shape index (κ2) is 6.65. The van der Waals surface area contributed by atoms with E-state index < -0.39 is 4.92 Å². The quantitative estimate of drug-likeness (QED) is 0.677. The molecule has 0 aliphatic heterocycles. The number of rotatable bonds is 5. The monoisotopic (exact) mass is 284 g/mol. The summed E-state index contributed by atoms with van der Waals surface area (Å²) in [6.45, 7) is 1.44. The Morgan fingerprint density at radius 1 is 1.14 bits per heavy atom. The molecule has 5 nitrogen and oxygen atoms in total. The van der Waals surface area contributed by atoms with Crippen LogP contribution in [0.5, 0.6) is 0 Å². The topological polar surface area (TPSA) is 72.2 Å². The lowest BCUT2D eigenvalue weighted by Gasteiger charge is -2.18. The zero-order valence-electron chi connectivity index (χ0n) is 11.7. The molecule has 2 rings (SSSR count). The zero-order valence-corrected chi connectivity index (χ0v) is 11.7. The van der Waals surface area contributed by atoms with Gasteiger partial charge in [0.2, 0.25) is 5.91 Å². The second-order valence-electron chi connectivity index (χ2n) is 4.75. The van der Waals surface area contributed by atoms with Crippen molar-refractivity contribution in [1.82, 2.24) is 5.32 Å². The number of nitrogens with zero attached hydrogens (tertiary/aromatic N) is 1. The molecule has 1 atom stereocenters. The van der Waals surface area contributed by atoms with Crippen LogP contribution in [0.1, 0.15) is 24.1 Å². The molecule has 0 aliphatic carbocycles. The molecule has 0 heterocycles. The number of carbonyl (C=O) groups is 1. The van der Waals surface area contributed by atoms with E-state index in [4.69, 9.17) is 0 Å². The fourth-order valence-electron chi connectivity index (χ4n) is 2.26. The normalized spacial score (nSPS) is 11.7. The minimum Gasteiger partial charge on any atom is -0.349 e. The summed E-state index contributed by atoms with van der Waals surface area (Å²) in [6, 6.07) is 15.7. The van der Waals surface area contributed by atoms with Crippen molar-refractivity contribution in [3.63, 3.8) is 0 Å². The van der Waals surface area contributed by atoms with Gasteiger partial charge < -0.3 is 5.32 Å². The summed E-state index contributed by atoms with van der Waals surface area (Å²) >= 11 is 0. The van der Waals surface area contributed by atoms with Gasteiger partial charge in [0, 0.05) is 25.0 Å². The maximum absolute atomic E-state index is 11.4. The van der Waals surface area contributed by atoms with Crippen molar-refractivity contribution in [2.45, 2.75) is 19.4 Å². The van der Waals surface area contributed by atoms with Gasteiger partial charge in [-0.15, -0.1) is 0 Å². The van der Waals surface area contributed by atoms with Crippen molar-refractivity contribution in [1.29, 1.82) is 0 Å². The van der Waals surface area contributed by atoms with Gasteiger partial charge in [-0.05, 0) is 5.56 Å². The molecule has 2 aromatic rings. The lowest BCUT2D eigenvalue weighted by Crippen LogP contribution is -2.27. The van der Waals surface area contributed by atoms with Gasteiger partial charge in [0.1, 0.15) is 0 Å². The summed E-state index contributed by atoms with van der Waals surface area (Å²) in [7, 11) is 0.